The van der Waals surface area contributed by atoms with Crippen molar-refractivity contribution in [2.45, 2.75) is 77.9 Å². The van der Waals surface area contributed by atoms with Crippen molar-refractivity contribution >= 4 is 19.3 Å². The molecule has 0 heterocycles. The zero-order valence-corrected chi connectivity index (χ0v) is 19.3. The monoisotopic (exact) mass is 388 g/mol. The summed E-state index contributed by atoms with van der Waals surface area (Å²) in [5.74, 6) is 0. The highest BCUT2D eigenvalue weighted by Gasteiger charge is 2.32. The summed E-state index contributed by atoms with van der Waals surface area (Å²) in [6.07, 6.45) is 13.5. The van der Waals surface area contributed by atoms with Crippen molar-refractivity contribution in [1.29, 1.82) is 0 Å². The Hall–Kier alpha value is -1.60. The first-order valence-corrected chi connectivity index (χ1v) is 14.8. The first-order chi connectivity index (χ1) is 13.4. The highest BCUT2D eigenvalue weighted by atomic mass is 28.3. The summed E-state index contributed by atoms with van der Waals surface area (Å²) in [6.45, 7) is 9.68. The van der Waals surface area contributed by atoms with E-state index in [0.717, 1.165) is 6.42 Å². The molecule has 2 aliphatic carbocycles. The quantitative estimate of drug-likeness (QED) is 0.463. The fraction of sp³-hybridized carbons (Fsp3) is 0.481. The van der Waals surface area contributed by atoms with Gasteiger partial charge in [-0.15, -0.1) is 0 Å². The average molecular weight is 389 g/mol. The Bertz CT molecular complexity index is 858. The van der Waals surface area contributed by atoms with Gasteiger partial charge in [-0.3, -0.25) is 0 Å². The molecule has 0 atom stereocenters. The largest absolute Gasteiger partial charge is 0.0775 e. The Kier molecular flexibility index (Phi) is 5.40. The van der Waals surface area contributed by atoms with Crippen LogP contribution in [0.2, 0.25) is 19.6 Å². The molecule has 0 aliphatic heterocycles. The Morgan fingerprint density at radius 3 is 2.25 bits per heavy atom. The Balaban J connectivity index is 1.62. The molecule has 0 N–H and O–H groups in total. The van der Waals surface area contributed by atoms with Crippen molar-refractivity contribution in [3.05, 3.63) is 59.2 Å². The van der Waals surface area contributed by atoms with E-state index in [4.69, 9.17) is 0 Å². The second-order valence-electron chi connectivity index (χ2n) is 10.3. The zero-order chi connectivity index (χ0) is 19.8. The molecular weight excluding hydrogens is 352 g/mol. The van der Waals surface area contributed by atoms with E-state index in [2.05, 4.69) is 75.1 Å². The maximum atomic E-state index is 2.54. The van der Waals surface area contributed by atoms with Crippen molar-refractivity contribution in [2.75, 3.05) is 0 Å². The third-order valence-electron chi connectivity index (χ3n) is 7.29. The van der Waals surface area contributed by atoms with Crippen LogP contribution >= 0.6 is 0 Å². The van der Waals surface area contributed by atoms with Gasteiger partial charge in [0.1, 0.15) is 0 Å². The second kappa shape index (κ2) is 7.67. The van der Waals surface area contributed by atoms with E-state index < -0.39 is 8.07 Å². The van der Waals surface area contributed by atoms with Crippen LogP contribution in [0.3, 0.4) is 0 Å². The van der Waals surface area contributed by atoms with Crippen LogP contribution in [-0.4, -0.2) is 8.07 Å². The minimum Gasteiger partial charge on any atom is -0.0656 e. The van der Waals surface area contributed by atoms with Crippen LogP contribution in [0.5, 0.6) is 0 Å². The molecule has 0 amide bonds. The van der Waals surface area contributed by atoms with E-state index in [1.165, 1.54) is 67.2 Å². The highest BCUT2D eigenvalue weighted by molar-refractivity contribution is 6.88. The Labute approximate surface area is 173 Å². The summed E-state index contributed by atoms with van der Waals surface area (Å²) in [7, 11) is -1.24. The minimum absolute atomic E-state index is 0.575. The van der Waals surface area contributed by atoms with Crippen LogP contribution in [0.15, 0.2) is 48.0 Å². The molecule has 4 rings (SSSR count). The second-order valence-corrected chi connectivity index (χ2v) is 15.4. The lowest BCUT2D eigenvalue weighted by Gasteiger charge is -2.37. The number of rotatable bonds is 5. The molecular formula is C27H36Si. The predicted octanol–water partition coefficient (Wildman–Crippen LogP) is 7.59. The van der Waals surface area contributed by atoms with Gasteiger partial charge in [-0.05, 0) is 53.4 Å². The molecule has 148 valence electrons. The number of hydrogen-bond donors (Lipinski definition) is 0. The fourth-order valence-electron chi connectivity index (χ4n) is 5.39. The molecule has 2 aliphatic rings. The minimum atomic E-state index is -1.24. The topological polar surface area (TPSA) is 0 Å². The van der Waals surface area contributed by atoms with E-state index in [-0.39, 0.29) is 0 Å². The lowest BCUT2D eigenvalue weighted by atomic mass is 9.68. The van der Waals surface area contributed by atoms with Gasteiger partial charge in [0, 0.05) is 0 Å². The summed E-state index contributed by atoms with van der Waals surface area (Å²) in [5, 5.41) is 1.54. The molecule has 0 radical (unpaired) electrons. The van der Waals surface area contributed by atoms with Crippen LogP contribution in [0, 0.1) is 5.41 Å². The van der Waals surface area contributed by atoms with Gasteiger partial charge in [-0.2, -0.15) is 0 Å². The first kappa shape index (κ1) is 19.7. The van der Waals surface area contributed by atoms with Gasteiger partial charge in [0.15, 0.2) is 0 Å². The van der Waals surface area contributed by atoms with Gasteiger partial charge < -0.3 is 0 Å². The SMILES string of the molecule is CCC1(CC2=Cc3c(cccc3-c3ccc([Si](C)(C)C)cc3)C2)CCCCC1. The highest BCUT2D eigenvalue weighted by Crippen LogP contribution is 2.46. The van der Waals surface area contributed by atoms with Gasteiger partial charge in [0.05, 0.1) is 8.07 Å². The molecule has 1 heteroatoms. The summed E-state index contributed by atoms with van der Waals surface area (Å²) >= 11 is 0. The number of hydrogen-bond acceptors (Lipinski definition) is 0. The summed E-state index contributed by atoms with van der Waals surface area (Å²) < 4.78 is 0. The van der Waals surface area contributed by atoms with Gasteiger partial charge in [-0.1, -0.05) is 112 Å². The molecule has 0 saturated heterocycles. The van der Waals surface area contributed by atoms with Crippen molar-refractivity contribution in [3.63, 3.8) is 0 Å². The molecule has 0 spiro atoms. The van der Waals surface area contributed by atoms with Crippen LogP contribution in [-0.2, 0) is 6.42 Å². The summed E-state index contributed by atoms with van der Waals surface area (Å²) in [5.41, 5.74) is 8.06. The Morgan fingerprint density at radius 1 is 0.893 bits per heavy atom. The standard InChI is InChI=1S/C27H36Si/c1-5-27(16-7-6-8-17-27)20-21-18-23-10-9-11-25(26(23)19-21)22-12-14-24(15-13-22)28(2,3)4/h9-15,19H,5-8,16-18,20H2,1-4H3. The number of fused-ring (bicyclic) bond motifs is 1. The maximum absolute atomic E-state index is 2.54. The summed E-state index contributed by atoms with van der Waals surface area (Å²) in [4.78, 5) is 0. The molecule has 0 aromatic heterocycles. The molecule has 0 nitrogen and oxygen atoms in total. The fourth-order valence-corrected chi connectivity index (χ4v) is 6.56. The number of benzene rings is 2. The molecule has 0 unspecified atom stereocenters. The van der Waals surface area contributed by atoms with Crippen LogP contribution in [0.4, 0.5) is 0 Å². The molecule has 0 bridgehead atoms. The lowest BCUT2D eigenvalue weighted by molar-refractivity contribution is 0.179. The molecule has 2 aromatic carbocycles. The average Bonchev–Trinajstić information content (AvgIpc) is 3.10. The normalized spacial score (nSPS) is 18.6. The van der Waals surface area contributed by atoms with E-state index in [1.807, 2.05) is 0 Å². The van der Waals surface area contributed by atoms with E-state index in [1.54, 1.807) is 10.8 Å². The molecule has 2 aromatic rings. The predicted molar refractivity (Wildman–Crippen MR) is 127 cm³/mol. The van der Waals surface area contributed by atoms with Gasteiger partial charge in [0.2, 0.25) is 0 Å². The van der Waals surface area contributed by atoms with E-state index in [0.29, 0.717) is 5.41 Å². The van der Waals surface area contributed by atoms with Gasteiger partial charge in [0.25, 0.3) is 0 Å². The Morgan fingerprint density at radius 2 is 1.61 bits per heavy atom. The first-order valence-electron chi connectivity index (χ1n) is 11.3. The lowest BCUT2D eigenvalue weighted by Crippen LogP contribution is -2.37. The van der Waals surface area contributed by atoms with Gasteiger partial charge >= 0.3 is 0 Å². The van der Waals surface area contributed by atoms with Crippen molar-refractivity contribution in [2.24, 2.45) is 5.41 Å². The number of allylic oxidation sites excluding steroid dienone is 1. The summed E-state index contributed by atoms with van der Waals surface area (Å²) in [6, 6.07) is 16.4. The van der Waals surface area contributed by atoms with E-state index >= 15 is 0 Å². The van der Waals surface area contributed by atoms with Crippen LogP contribution in [0.25, 0.3) is 17.2 Å². The van der Waals surface area contributed by atoms with Crippen molar-refractivity contribution in [1.82, 2.24) is 0 Å². The molecule has 1 fully saturated rings. The van der Waals surface area contributed by atoms with Crippen LogP contribution < -0.4 is 5.19 Å². The molecule has 28 heavy (non-hydrogen) atoms. The third kappa shape index (κ3) is 3.92. The molecule has 1 saturated carbocycles. The van der Waals surface area contributed by atoms with Crippen molar-refractivity contribution < 1.29 is 0 Å². The third-order valence-corrected chi connectivity index (χ3v) is 9.36. The van der Waals surface area contributed by atoms with Crippen molar-refractivity contribution in [3.8, 4) is 11.1 Å². The smallest absolute Gasteiger partial charge is 0.0656 e. The maximum Gasteiger partial charge on any atom is 0.0775 e. The van der Waals surface area contributed by atoms with Crippen LogP contribution in [0.1, 0.15) is 63.0 Å². The van der Waals surface area contributed by atoms with E-state index in [9.17, 15) is 0 Å². The van der Waals surface area contributed by atoms with Gasteiger partial charge in [-0.25, -0.2) is 0 Å². The zero-order valence-electron chi connectivity index (χ0n) is 18.3.